The van der Waals surface area contributed by atoms with Crippen LogP contribution in [0, 0.1) is 0 Å². The summed E-state index contributed by atoms with van der Waals surface area (Å²) >= 11 is 5.96. The van der Waals surface area contributed by atoms with Gasteiger partial charge in [0.05, 0.1) is 0 Å². The fourth-order valence-electron chi connectivity index (χ4n) is 2.63. The van der Waals surface area contributed by atoms with Gasteiger partial charge in [-0.05, 0) is 37.8 Å². The second-order valence-electron chi connectivity index (χ2n) is 5.57. The van der Waals surface area contributed by atoms with Crippen LogP contribution in [0.2, 0.25) is 5.02 Å². The number of carbonyl (C=O) groups excluding carboxylic acids is 1. The van der Waals surface area contributed by atoms with E-state index in [1.165, 1.54) is 17.2 Å². The molecule has 0 unspecified atom stereocenters. The molecule has 0 bridgehead atoms. The third-order valence-electron chi connectivity index (χ3n) is 3.79. The van der Waals surface area contributed by atoms with Crippen molar-refractivity contribution in [3.63, 3.8) is 0 Å². The van der Waals surface area contributed by atoms with E-state index >= 15 is 0 Å². The molecule has 1 aromatic heterocycles. The van der Waals surface area contributed by atoms with Crippen molar-refractivity contribution in [2.75, 3.05) is 0 Å². The molecular weight excluding hydrogens is 314 g/mol. The highest BCUT2D eigenvalue weighted by Gasteiger charge is 2.16. The fourth-order valence-corrected chi connectivity index (χ4v) is 2.82. The molecule has 0 N–H and O–H groups in total. The Kier molecular flexibility index (Phi) is 5.08. The summed E-state index contributed by atoms with van der Waals surface area (Å²) < 4.78 is 6.90. The van der Waals surface area contributed by atoms with E-state index in [4.69, 9.17) is 16.3 Å². The largest absolute Gasteiger partial charge is 0.459 e. The first-order chi connectivity index (χ1) is 11.2. The lowest BCUT2D eigenvalue weighted by atomic mass is 9.98. The van der Waals surface area contributed by atoms with E-state index in [1.54, 1.807) is 24.7 Å². The zero-order valence-electron chi connectivity index (χ0n) is 12.7. The number of benzene rings is 1. The van der Waals surface area contributed by atoms with Crippen molar-refractivity contribution in [3.8, 4) is 11.4 Å². The standard InChI is InChI=1S/C17H18ClN3O2/c18-14-6-4-5-13(11-14)17-19-12-21(20-17)10-9-16(22)23-15-7-2-1-3-8-15/h4-6,9-12,15H,1-3,7-8H2/b10-9+. The van der Waals surface area contributed by atoms with Gasteiger partial charge in [-0.25, -0.2) is 14.5 Å². The van der Waals surface area contributed by atoms with Crippen LogP contribution in [0.1, 0.15) is 32.1 Å². The van der Waals surface area contributed by atoms with Crippen molar-refractivity contribution in [3.05, 3.63) is 41.7 Å². The van der Waals surface area contributed by atoms with Gasteiger partial charge in [-0.15, -0.1) is 5.10 Å². The van der Waals surface area contributed by atoms with Crippen molar-refractivity contribution in [2.45, 2.75) is 38.2 Å². The molecule has 1 fully saturated rings. The van der Waals surface area contributed by atoms with Crippen LogP contribution >= 0.6 is 11.6 Å². The van der Waals surface area contributed by atoms with Gasteiger partial charge in [0.2, 0.25) is 0 Å². The number of ether oxygens (including phenoxy) is 1. The topological polar surface area (TPSA) is 57.0 Å². The van der Waals surface area contributed by atoms with E-state index in [9.17, 15) is 4.79 Å². The number of rotatable bonds is 4. The Labute approximate surface area is 139 Å². The van der Waals surface area contributed by atoms with Gasteiger partial charge in [-0.3, -0.25) is 0 Å². The van der Waals surface area contributed by atoms with Gasteiger partial charge in [0.25, 0.3) is 0 Å². The number of nitrogens with zero attached hydrogens (tertiary/aromatic N) is 3. The highest BCUT2D eigenvalue weighted by molar-refractivity contribution is 6.30. The van der Waals surface area contributed by atoms with Crippen LogP contribution in [-0.2, 0) is 9.53 Å². The predicted octanol–water partition coefficient (Wildman–Crippen LogP) is 3.95. The summed E-state index contributed by atoms with van der Waals surface area (Å²) in [6, 6.07) is 7.31. The second-order valence-corrected chi connectivity index (χ2v) is 6.01. The average Bonchev–Trinajstić information content (AvgIpc) is 3.03. The van der Waals surface area contributed by atoms with Crippen LogP contribution in [0.15, 0.2) is 36.7 Å². The Morgan fingerprint density at radius 3 is 2.91 bits per heavy atom. The second kappa shape index (κ2) is 7.42. The monoisotopic (exact) mass is 331 g/mol. The van der Waals surface area contributed by atoms with Gasteiger partial charge in [-0.1, -0.05) is 30.2 Å². The molecule has 0 aliphatic heterocycles. The minimum absolute atomic E-state index is 0.0543. The summed E-state index contributed by atoms with van der Waals surface area (Å²) in [5.74, 6) is 0.217. The smallest absolute Gasteiger partial charge is 0.332 e. The maximum atomic E-state index is 11.8. The number of hydrogen-bond donors (Lipinski definition) is 0. The van der Waals surface area contributed by atoms with E-state index in [1.807, 2.05) is 12.1 Å². The third-order valence-corrected chi connectivity index (χ3v) is 4.02. The van der Waals surface area contributed by atoms with Gasteiger partial charge in [0.1, 0.15) is 12.4 Å². The molecule has 0 amide bonds. The maximum absolute atomic E-state index is 11.8. The zero-order valence-corrected chi connectivity index (χ0v) is 13.4. The summed E-state index contributed by atoms with van der Waals surface area (Å²) in [5, 5.41) is 4.92. The summed E-state index contributed by atoms with van der Waals surface area (Å²) in [4.78, 5) is 16.0. The molecular formula is C17H18ClN3O2. The highest BCUT2D eigenvalue weighted by atomic mass is 35.5. The van der Waals surface area contributed by atoms with Gasteiger partial charge in [0.15, 0.2) is 5.82 Å². The van der Waals surface area contributed by atoms with E-state index in [-0.39, 0.29) is 12.1 Å². The lowest BCUT2D eigenvalue weighted by molar-refractivity contribution is -0.144. The van der Waals surface area contributed by atoms with Crippen LogP contribution in [0.5, 0.6) is 0 Å². The van der Waals surface area contributed by atoms with Gasteiger partial charge in [0, 0.05) is 22.9 Å². The normalized spacial score (nSPS) is 15.9. The van der Waals surface area contributed by atoms with Crippen molar-refractivity contribution < 1.29 is 9.53 Å². The Morgan fingerprint density at radius 1 is 1.30 bits per heavy atom. The van der Waals surface area contributed by atoms with E-state index in [0.717, 1.165) is 31.2 Å². The van der Waals surface area contributed by atoms with Crippen LogP contribution < -0.4 is 0 Å². The fraction of sp³-hybridized carbons (Fsp3) is 0.353. The number of aromatic nitrogens is 3. The van der Waals surface area contributed by atoms with E-state index < -0.39 is 0 Å². The number of hydrogen-bond acceptors (Lipinski definition) is 4. The van der Waals surface area contributed by atoms with Gasteiger partial charge >= 0.3 is 5.97 Å². The SMILES string of the molecule is O=C(/C=C/n1cnc(-c2cccc(Cl)c2)n1)OC1CCCCC1. The molecule has 1 saturated carbocycles. The first-order valence-corrected chi connectivity index (χ1v) is 8.14. The molecule has 1 aromatic carbocycles. The molecule has 6 heteroatoms. The molecule has 2 aromatic rings. The summed E-state index contributed by atoms with van der Waals surface area (Å²) in [6.07, 6.45) is 9.94. The molecule has 0 radical (unpaired) electrons. The summed E-state index contributed by atoms with van der Waals surface area (Å²) in [5.41, 5.74) is 0.828. The summed E-state index contributed by atoms with van der Waals surface area (Å²) in [7, 11) is 0. The van der Waals surface area contributed by atoms with Crippen molar-refractivity contribution >= 4 is 23.8 Å². The van der Waals surface area contributed by atoms with Crippen LogP contribution in [-0.4, -0.2) is 26.8 Å². The first-order valence-electron chi connectivity index (χ1n) is 7.76. The Balaban J connectivity index is 1.60. The number of carbonyl (C=O) groups is 1. The Bertz CT molecular complexity index is 705. The van der Waals surface area contributed by atoms with Crippen molar-refractivity contribution in [1.29, 1.82) is 0 Å². The van der Waals surface area contributed by atoms with Crippen molar-refractivity contribution in [2.24, 2.45) is 0 Å². The molecule has 5 nitrogen and oxygen atoms in total. The Morgan fingerprint density at radius 2 is 2.13 bits per heavy atom. The molecule has 0 spiro atoms. The van der Waals surface area contributed by atoms with Crippen LogP contribution in [0.25, 0.3) is 17.6 Å². The lowest BCUT2D eigenvalue weighted by Gasteiger charge is -2.20. The zero-order chi connectivity index (χ0) is 16.1. The molecule has 1 aliphatic carbocycles. The van der Waals surface area contributed by atoms with Gasteiger partial charge < -0.3 is 4.74 Å². The minimum atomic E-state index is -0.336. The van der Waals surface area contributed by atoms with Crippen LogP contribution in [0.4, 0.5) is 0 Å². The van der Waals surface area contributed by atoms with Crippen molar-refractivity contribution in [1.82, 2.24) is 14.8 Å². The first kappa shape index (κ1) is 15.7. The predicted molar refractivity (Wildman–Crippen MR) is 88.8 cm³/mol. The van der Waals surface area contributed by atoms with E-state index in [0.29, 0.717) is 10.8 Å². The molecule has 23 heavy (non-hydrogen) atoms. The lowest BCUT2D eigenvalue weighted by Crippen LogP contribution is -2.19. The molecule has 120 valence electrons. The van der Waals surface area contributed by atoms with E-state index in [2.05, 4.69) is 10.1 Å². The maximum Gasteiger partial charge on any atom is 0.332 e. The number of esters is 1. The average molecular weight is 332 g/mol. The molecule has 0 saturated heterocycles. The summed E-state index contributed by atoms with van der Waals surface area (Å²) in [6.45, 7) is 0. The Hall–Kier alpha value is -2.14. The third kappa shape index (κ3) is 4.42. The van der Waals surface area contributed by atoms with Crippen LogP contribution in [0.3, 0.4) is 0 Å². The molecule has 1 aliphatic rings. The highest BCUT2D eigenvalue weighted by Crippen LogP contribution is 2.21. The molecule has 1 heterocycles. The molecule has 3 rings (SSSR count). The van der Waals surface area contributed by atoms with Gasteiger partial charge in [-0.2, -0.15) is 0 Å². The quantitative estimate of drug-likeness (QED) is 0.629. The molecule has 0 atom stereocenters. The minimum Gasteiger partial charge on any atom is -0.459 e. The number of halogens is 1.